The summed E-state index contributed by atoms with van der Waals surface area (Å²) < 4.78 is 0.769. The van der Waals surface area contributed by atoms with Gasteiger partial charge in [-0.05, 0) is 37.0 Å². The Morgan fingerprint density at radius 3 is 2.95 bits per heavy atom. The first-order valence-electron chi connectivity index (χ1n) is 6.89. The molecule has 1 amide bonds. The maximum atomic E-state index is 12.2. The molecular weight excluding hydrogens is 306 g/mol. The summed E-state index contributed by atoms with van der Waals surface area (Å²) in [6, 6.07) is 5.21. The number of aromatic hydroxyl groups is 1. The Hall–Kier alpha value is -1.03. The minimum absolute atomic E-state index is 0.0229. The van der Waals surface area contributed by atoms with Gasteiger partial charge < -0.3 is 10.4 Å². The largest absolute Gasteiger partial charge is 0.507 e. The molecule has 0 aromatic heterocycles. The number of nitrogens with one attached hydrogen (secondary N) is 1. The standard InChI is InChI=1S/C15H20BrNO2/c1-2-10-4-3-5-12(8-10)17-15(19)13-7-6-11(16)9-14(13)18/h6-7,9-10,12,18H,2-5,8H2,1H3,(H,17,19). The van der Waals surface area contributed by atoms with E-state index in [1.807, 2.05) is 0 Å². The van der Waals surface area contributed by atoms with Gasteiger partial charge in [-0.25, -0.2) is 0 Å². The zero-order valence-corrected chi connectivity index (χ0v) is 12.7. The van der Waals surface area contributed by atoms with Gasteiger partial charge in [0.1, 0.15) is 5.75 Å². The van der Waals surface area contributed by atoms with E-state index in [1.165, 1.54) is 19.3 Å². The highest BCUT2D eigenvalue weighted by molar-refractivity contribution is 9.10. The molecule has 2 rings (SSSR count). The molecule has 104 valence electrons. The Morgan fingerprint density at radius 1 is 1.47 bits per heavy atom. The van der Waals surface area contributed by atoms with E-state index in [-0.39, 0.29) is 17.7 Å². The zero-order valence-electron chi connectivity index (χ0n) is 11.2. The molecule has 1 aromatic rings. The molecular formula is C15H20BrNO2. The van der Waals surface area contributed by atoms with Crippen LogP contribution in [0.2, 0.25) is 0 Å². The highest BCUT2D eigenvalue weighted by Gasteiger charge is 2.23. The van der Waals surface area contributed by atoms with Crippen LogP contribution in [0, 0.1) is 5.92 Å². The Bertz CT molecular complexity index is 461. The lowest BCUT2D eigenvalue weighted by Gasteiger charge is -2.29. The van der Waals surface area contributed by atoms with Crippen molar-refractivity contribution in [1.29, 1.82) is 0 Å². The Labute approximate surface area is 122 Å². The van der Waals surface area contributed by atoms with Crippen molar-refractivity contribution in [2.45, 2.75) is 45.1 Å². The van der Waals surface area contributed by atoms with Crippen molar-refractivity contribution < 1.29 is 9.90 Å². The van der Waals surface area contributed by atoms with Crippen molar-refractivity contribution in [2.24, 2.45) is 5.92 Å². The van der Waals surface area contributed by atoms with Gasteiger partial charge in [-0.2, -0.15) is 0 Å². The topological polar surface area (TPSA) is 49.3 Å². The van der Waals surface area contributed by atoms with Gasteiger partial charge >= 0.3 is 0 Å². The second-order valence-corrected chi connectivity index (χ2v) is 6.19. The third-order valence-electron chi connectivity index (χ3n) is 3.90. The average molecular weight is 326 g/mol. The second-order valence-electron chi connectivity index (χ2n) is 5.27. The van der Waals surface area contributed by atoms with Gasteiger partial charge in [0.2, 0.25) is 0 Å². The lowest BCUT2D eigenvalue weighted by atomic mass is 9.84. The number of rotatable bonds is 3. The second kappa shape index (κ2) is 6.42. The third kappa shape index (κ3) is 3.72. The summed E-state index contributed by atoms with van der Waals surface area (Å²) >= 11 is 3.27. The number of phenols is 1. The van der Waals surface area contributed by atoms with Crippen LogP contribution in [0.3, 0.4) is 0 Å². The lowest BCUT2D eigenvalue weighted by molar-refractivity contribution is 0.0916. The van der Waals surface area contributed by atoms with Gasteiger partial charge in [0.15, 0.2) is 0 Å². The van der Waals surface area contributed by atoms with E-state index in [1.54, 1.807) is 18.2 Å². The van der Waals surface area contributed by atoms with E-state index in [0.717, 1.165) is 23.2 Å². The summed E-state index contributed by atoms with van der Waals surface area (Å²) in [7, 11) is 0. The number of carbonyl (C=O) groups excluding carboxylic acids is 1. The van der Waals surface area contributed by atoms with Gasteiger partial charge in [-0.15, -0.1) is 0 Å². The molecule has 19 heavy (non-hydrogen) atoms. The van der Waals surface area contributed by atoms with E-state index >= 15 is 0 Å². The first-order valence-corrected chi connectivity index (χ1v) is 7.68. The van der Waals surface area contributed by atoms with Crippen molar-refractivity contribution in [3.63, 3.8) is 0 Å². The van der Waals surface area contributed by atoms with Crippen molar-refractivity contribution in [1.82, 2.24) is 5.32 Å². The Kier molecular flexibility index (Phi) is 4.86. The van der Waals surface area contributed by atoms with Gasteiger partial charge in [0, 0.05) is 10.5 Å². The van der Waals surface area contributed by atoms with Crippen molar-refractivity contribution in [3.05, 3.63) is 28.2 Å². The fourth-order valence-corrected chi connectivity index (χ4v) is 3.10. The molecule has 1 aliphatic carbocycles. The molecule has 0 radical (unpaired) electrons. The molecule has 0 saturated heterocycles. The minimum Gasteiger partial charge on any atom is -0.507 e. The molecule has 0 aliphatic heterocycles. The molecule has 0 bridgehead atoms. The fraction of sp³-hybridized carbons (Fsp3) is 0.533. The monoisotopic (exact) mass is 325 g/mol. The maximum absolute atomic E-state index is 12.2. The average Bonchev–Trinajstić information content (AvgIpc) is 2.38. The molecule has 1 saturated carbocycles. The van der Waals surface area contributed by atoms with E-state index in [4.69, 9.17) is 0 Å². The van der Waals surface area contributed by atoms with Crippen LogP contribution in [0.1, 0.15) is 49.4 Å². The molecule has 1 aromatic carbocycles. The molecule has 2 unspecified atom stereocenters. The van der Waals surface area contributed by atoms with E-state index in [9.17, 15) is 9.90 Å². The Morgan fingerprint density at radius 2 is 2.26 bits per heavy atom. The van der Waals surface area contributed by atoms with E-state index in [2.05, 4.69) is 28.2 Å². The summed E-state index contributed by atoms with van der Waals surface area (Å²) in [5, 5.41) is 12.8. The molecule has 0 spiro atoms. The Balaban J connectivity index is 2.00. The smallest absolute Gasteiger partial charge is 0.255 e. The molecule has 1 aliphatic rings. The van der Waals surface area contributed by atoms with Crippen molar-refractivity contribution >= 4 is 21.8 Å². The number of benzene rings is 1. The predicted octanol–water partition coefficient (Wildman–Crippen LogP) is 3.85. The normalized spacial score (nSPS) is 23.1. The summed E-state index contributed by atoms with van der Waals surface area (Å²) in [6.45, 7) is 2.20. The van der Waals surface area contributed by atoms with Crippen molar-refractivity contribution in [2.75, 3.05) is 0 Å². The number of phenolic OH excluding ortho intramolecular Hbond substituents is 1. The maximum Gasteiger partial charge on any atom is 0.255 e. The number of amides is 1. The molecule has 4 heteroatoms. The molecule has 3 nitrogen and oxygen atoms in total. The van der Waals surface area contributed by atoms with E-state index < -0.39 is 0 Å². The first kappa shape index (κ1) is 14.4. The van der Waals surface area contributed by atoms with Gasteiger partial charge in [0.25, 0.3) is 5.91 Å². The number of hydrogen-bond acceptors (Lipinski definition) is 2. The lowest BCUT2D eigenvalue weighted by Crippen LogP contribution is -2.38. The van der Waals surface area contributed by atoms with Crippen molar-refractivity contribution in [3.8, 4) is 5.75 Å². The van der Waals surface area contributed by atoms with Crippen LogP contribution in [0.15, 0.2) is 22.7 Å². The molecule has 1 fully saturated rings. The molecule has 2 N–H and O–H groups in total. The predicted molar refractivity (Wildman–Crippen MR) is 79.3 cm³/mol. The summed E-state index contributed by atoms with van der Waals surface area (Å²) in [5.74, 6) is 0.569. The van der Waals surface area contributed by atoms with Gasteiger partial charge in [-0.3, -0.25) is 4.79 Å². The van der Waals surface area contributed by atoms with Crippen LogP contribution in [0.4, 0.5) is 0 Å². The highest BCUT2D eigenvalue weighted by Crippen LogP contribution is 2.27. The number of halogens is 1. The van der Waals surface area contributed by atoms with Crippen LogP contribution in [-0.2, 0) is 0 Å². The van der Waals surface area contributed by atoms with Crippen LogP contribution in [0.5, 0.6) is 5.75 Å². The molecule has 0 heterocycles. The summed E-state index contributed by atoms with van der Waals surface area (Å²) in [6.07, 6.45) is 5.72. The first-order chi connectivity index (χ1) is 9.10. The van der Waals surface area contributed by atoms with Gasteiger partial charge in [0.05, 0.1) is 5.56 Å². The fourth-order valence-electron chi connectivity index (χ4n) is 2.75. The highest BCUT2D eigenvalue weighted by atomic mass is 79.9. The summed E-state index contributed by atoms with van der Waals surface area (Å²) in [5.41, 5.74) is 0.349. The third-order valence-corrected chi connectivity index (χ3v) is 4.39. The quantitative estimate of drug-likeness (QED) is 0.886. The minimum atomic E-state index is -0.174. The van der Waals surface area contributed by atoms with Crippen LogP contribution < -0.4 is 5.32 Å². The SMILES string of the molecule is CCC1CCCC(NC(=O)c2ccc(Br)cc2O)C1. The van der Waals surface area contributed by atoms with Crippen LogP contribution >= 0.6 is 15.9 Å². The van der Waals surface area contributed by atoms with Crippen LogP contribution in [-0.4, -0.2) is 17.1 Å². The number of hydrogen-bond donors (Lipinski definition) is 2. The van der Waals surface area contributed by atoms with E-state index in [0.29, 0.717) is 5.56 Å². The zero-order chi connectivity index (χ0) is 13.8. The number of carbonyl (C=O) groups is 1. The molecule has 2 atom stereocenters. The summed E-state index contributed by atoms with van der Waals surface area (Å²) in [4.78, 5) is 12.2. The van der Waals surface area contributed by atoms with Crippen LogP contribution in [0.25, 0.3) is 0 Å². The van der Waals surface area contributed by atoms with Gasteiger partial charge in [-0.1, -0.05) is 42.1 Å².